The Hall–Kier alpha value is -0.540. The maximum Gasteiger partial charge on any atom is 0.0485 e. The van der Waals surface area contributed by atoms with Crippen molar-refractivity contribution in [2.75, 3.05) is 18.5 Å². The minimum Gasteiger partial charge on any atom is -0.382 e. The molecule has 0 radical (unpaired) electrons. The van der Waals surface area contributed by atoms with E-state index in [2.05, 4.69) is 39.4 Å². The summed E-state index contributed by atoms with van der Waals surface area (Å²) in [6, 6.07) is 8.88. The van der Waals surface area contributed by atoms with E-state index in [1.165, 1.54) is 12.1 Å². The van der Waals surface area contributed by atoms with Crippen LogP contribution in [0.25, 0.3) is 0 Å². The van der Waals surface area contributed by atoms with Gasteiger partial charge in [-0.15, -0.1) is 0 Å². The van der Waals surface area contributed by atoms with Crippen molar-refractivity contribution in [2.45, 2.75) is 25.3 Å². The van der Waals surface area contributed by atoms with Crippen LogP contribution in [0.4, 0.5) is 5.69 Å². The molecule has 0 spiro atoms. The van der Waals surface area contributed by atoms with Crippen molar-refractivity contribution in [2.24, 2.45) is 0 Å². The Morgan fingerprint density at radius 2 is 2.20 bits per heavy atom. The van der Waals surface area contributed by atoms with Gasteiger partial charge in [-0.1, -0.05) is 22.0 Å². The Labute approximate surface area is 99.1 Å². The van der Waals surface area contributed by atoms with Crippen molar-refractivity contribution >= 4 is 21.6 Å². The summed E-state index contributed by atoms with van der Waals surface area (Å²) >= 11 is 3.48. The predicted octanol–water partition coefficient (Wildman–Crippen LogP) is 3.43. The van der Waals surface area contributed by atoms with Gasteiger partial charge in [0.2, 0.25) is 0 Å². The fraction of sp³-hybridized carbons (Fsp3) is 0.500. The molecule has 2 nitrogen and oxygen atoms in total. The molecule has 1 unspecified atom stereocenters. The van der Waals surface area contributed by atoms with E-state index in [1.807, 2.05) is 6.07 Å². The van der Waals surface area contributed by atoms with Crippen molar-refractivity contribution in [1.82, 2.24) is 0 Å². The van der Waals surface area contributed by atoms with Crippen LogP contribution in [0.3, 0.4) is 0 Å². The topological polar surface area (TPSA) is 21.3 Å². The molecule has 82 valence electrons. The van der Waals surface area contributed by atoms with Gasteiger partial charge < -0.3 is 10.1 Å². The molecule has 1 aromatic rings. The smallest absolute Gasteiger partial charge is 0.0485 e. The van der Waals surface area contributed by atoms with Crippen LogP contribution in [0, 0.1) is 0 Å². The molecule has 2 rings (SSSR count). The van der Waals surface area contributed by atoms with Crippen LogP contribution >= 0.6 is 15.9 Å². The van der Waals surface area contributed by atoms with E-state index >= 15 is 0 Å². The first kappa shape index (κ1) is 11.0. The third-order valence-electron chi connectivity index (χ3n) is 2.65. The van der Waals surface area contributed by atoms with Gasteiger partial charge in [0.05, 0.1) is 0 Å². The first-order valence-corrected chi connectivity index (χ1v) is 6.24. The zero-order valence-electron chi connectivity index (χ0n) is 8.71. The summed E-state index contributed by atoms with van der Waals surface area (Å²) in [6.07, 6.45) is 3.46. The summed E-state index contributed by atoms with van der Waals surface area (Å²) in [4.78, 5) is 0. The average Bonchev–Trinajstić information content (AvgIpc) is 2.46. The molecule has 1 N–H and O–H groups in total. The van der Waals surface area contributed by atoms with Gasteiger partial charge in [-0.25, -0.2) is 0 Å². The monoisotopic (exact) mass is 269 g/mol. The quantitative estimate of drug-likeness (QED) is 0.889. The van der Waals surface area contributed by atoms with Crippen LogP contribution in [0.2, 0.25) is 0 Å². The highest BCUT2D eigenvalue weighted by Gasteiger charge is 2.11. The van der Waals surface area contributed by atoms with Gasteiger partial charge in [-0.2, -0.15) is 0 Å². The first-order valence-electron chi connectivity index (χ1n) is 5.44. The molecule has 0 aromatic heterocycles. The van der Waals surface area contributed by atoms with E-state index in [1.54, 1.807) is 0 Å². The second-order valence-electron chi connectivity index (χ2n) is 3.89. The van der Waals surface area contributed by atoms with E-state index in [4.69, 9.17) is 4.74 Å². The number of halogens is 1. The molecule has 1 atom stereocenters. The van der Waals surface area contributed by atoms with Gasteiger partial charge in [-0.3, -0.25) is 0 Å². The summed E-state index contributed by atoms with van der Waals surface area (Å²) < 4.78 is 6.56. The third-order valence-corrected chi connectivity index (χ3v) is 3.14. The third kappa shape index (κ3) is 3.50. The number of rotatable bonds is 2. The standard InChI is InChI=1S/C12H16BrNO/c13-10-3-1-4-12(9-10)14-11-5-2-7-15-8-6-11/h1,3-4,9,11,14H,2,5-8H2. The summed E-state index contributed by atoms with van der Waals surface area (Å²) in [5.41, 5.74) is 1.19. The minimum atomic E-state index is 0.557. The molecule has 1 aliphatic rings. The molecular weight excluding hydrogens is 254 g/mol. The second-order valence-corrected chi connectivity index (χ2v) is 4.81. The van der Waals surface area contributed by atoms with E-state index in [0.29, 0.717) is 6.04 Å². The van der Waals surface area contributed by atoms with Crippen molar-refractivity contribution in [3.63, 3.8) is 0 Å². The normalized spacial score (nSPS) is 22.1. The molecule has 0 amide bonds. The van der Waals surface area contributed by atoms with Crippen molar-refractivity contribution < 1.29 is 4.74 Å². The van der Waals surface area contributed by atoms with Gasteiger partial charge in [0.25, 0.3) is 0 Å². The van der Waals surface area contributed by atoms with Crippen LogP contribution in [0.15, 0.2) is 28.7 Å². The maximum atomic E-state index is 5.44. The molecule has 1 heterocycles. The molecule has 0 saturated carbocycles. The zero-order valence-corrected chi connectivity index (χ0v) is 10.3. The number of ether oxygens (including phenoxy) is 1. The molecular formula is C12H16BrNO. The van der Waals surface area contributed by atoms with Crippen LogP contribution in [-0.2, 0) is 4.74 Å². The number of nitrogens with one attached hydrogen (secondary N) is 1. The number of anilines is 1. The van der Waals surface area contributed by atoms with Crippen molar-refractivity contribution in [3.8, 4) is 0 Å². The summed E-state index contributed by atoms with van der Waals surface area (Å²) in [7, 11) is 0. The summed E-state index contributed by atoms with van der Waals surface area (Å²) in [6.45, 7) is 1.79. The highest BCUT2D eigenvalue weighted by Crippen LogP contribution is 2.19. The van der Waals surface area contributed by atoms with Gasteiger partial charge in [0.1, 0.15) is 0 Å². The highest BCUT2D eigenvalue weighted by atomic mass is 79.9. The summed E-state index contributed by atoms with van der Waals surface area (Å²) in [5, 5.41) is 3.55. The number of hydrogen-bond acceptors (Lipinski definition) is 2. The van der Waals surface area contributed by atoms with E-state index in [-0.39, 0.29) is 0 Å². The lowest BCUT2D eigenvalue weighted by molar-refractivity contribution is 0.144. The Kier molecular flexibility index (Phi) is 4.03. The molecule has 15 heavy (non-hydrogen) atoms. The molecule has 0 aliphatic carbocycles. The minimum absolute atomic E-state index is 0.557. The maximum absolute atomic E-state index is 5.44. The van der Waals surface area contributed by atoms with Crippen molar-refractivity contribution in [1.29, 1.82) is 0 Å². The molecule has 1 fully saturated rings. The van der Waals surface area contributed by atoms with Gasteiger partial charge in [-0.05, 0) is 37.5 Å². The average molecular weight is 270 g/mol. The Balaban J connectivity index is 1.95. The molecule has 3 heteroatoms. The second kappa shape index (κ2) is 5.52. The molecule has 1 aromatic carbocycles. The SMILES string of the molecule is Brc1cccc(NC2CCCOCC2)c1. The molecule has 1 aliphatic heterocycles. The number of benzene rings is 1. The summed E-state index contributed by atoms with van der Waals surface area (Å²) in [5.74, 6) is 0. The predicted molar refractivity (Wildman–Crippen MR) is 66.2 cm³/mol. The first-order chi connectivity index (χ1) is 7.34. The van der Waals surface area contributed by atoms with Crippen molar-refractivity contribution in [3.05, 3.63) is 28.7 Å². The van der Waals surface area contributed by atoms with Crippen LogP contribution in [0.1, 0.15) is 19.3 Å². The van der Waals surface area contributed by atoms with Crippen LogP contribution in [-0.4, -0.2) is 19.3 Å². The largest absolute Gasteiger partial charge is 0.382 e. The lowest BCUT2D eigenvalue weighted by Crippen LogP contribution is -2.19. The lowest BCUT2D eigenvalue weighted by Gasteiger charge is -2.17. The van der Waals surface area contributed by atoms with Crippen LogP contribution < -0.4 is 5.32 Å². The van der Waals surface area contributed by atoms with Gasteiger partial charge >= 0.3 is 0 Å². The van der Waals surface area contributed by atoms with Gasteiger partial charge in [0.15, 0.2) is 0 Å². The van der Waals surface area contributed by atoms with E-state index in [9.17, 15) is 0 Å². The fourth-order valence-corrected chi connectivity index (χ4v) is 2.26. The zero-order chi connectivity index (χ0) is 10.5. The molecule has 1 saturated heterocycles. The fourth-order valence-electron chi connectivity index (χ4n) is 1.86. The van der Waals surface area contributed by atoms with Crippen LogP contribution in [0.5, 0.6) is 0 Å². The molecule has 0 bridgehead atoms. The van der Waals surface area contributed by atoms with E-state index < -0.39 is 0 Å². The highest BCUT2D eigenvalue weighted by molar-refractivity contribution is 9.10. The lowest BCUT2D eigenvalue weighted by atomic mass is 10.1. The Bertz CT molecular complexity index is 308. The number of hydrogen-bond donors (Lipinski definition) is 1. The van der Waals surface area contributed by atoms with E-state index in [0.717, 1.165) is 30.5 Å². The Morgan fingerprint density at radius 3 is 3.07 bits per heavy atom. The Morgan fingerprint density at radius 1 is 1.27 bits per heavy atom. The van der Waals surface area contributed by atoms with Gasteiger partial charge in [0, 0.05) is 29.4 Å².